The highest BCUT2D eigenvalue weighted by molar-refractivity contribution is 7.90. The third-order valence-corrected chi connectivity index (χ3v) is 5.95. The minimum atomic E-state index is -3.33. The van der Waals surface area contributed by atoms with Crippen LogP contribution in [0.1, 0.15) is 6.92 Å². The van der Waals surface area contributed by atoms with Crippen molar-refractivity contribution in [2.75, 3.05) is 23.5 Å². The first kappa shape index (κ1) is 20.2. The predicted molar refractivity (Wildman–Crippen MR) is 100 cm³/mol. The monoisotopic (exact) mass is 414 g/mol. The minimum absolute atomic E-state index is 0.0664. The highest BCUT2D eigenvalue weighted by Crippen LogP contribution is 2.37. The van der Waals surface area contributed by atoms with Crippen LogP contribution in [0.15, 0.2) is 24.5 Å². The summed E-state index contributed by atoms with van der Waals surface area (Å²) in [5, 5.41) is 10.4. The lowest BCUT2D eigenvalue weighted by Gasteiger charge is -2.22. The Morgan fingerprint density at radius 1 is 1.58 bits per heavy atom. The molecule has 26 heavy (non-hydrogen) atoms. The second-order valence-electron chi connectivity index (χ2n) is 5.71. The van der Waals surface area contributed by atoms with Crippen molar-refractivity contribution in [3.8, 4) is 22.9 Å². The number of terminal acetylenes is 1. The number of rotatable bonds is 6. The fourth-order valence-electron chi connectivity index (χ4n) is 2.31. The van der Waals surface area contributed by atoms with Gasteiger partial charge in [-0.25, -0.2) is 13.4 Å². The molecule has 2 aromatic heterocycles. The van der Waals surface area contributed by atoms with Gasteiger partial charge in [-0.05, 0) is 6.07 Å². The number of amides is 1. The maximum Gasteiger partial charge on any atom is 0.232 e. The molecule has 2 heterocycles. The normalized spacial score (nSPS) is 12.4. The zero-order valence-electron chi connectivity index (χ0n) is 14.1. The van der Waals surface area contributed by atoms with Crippen LogP contribution in [0, 0.1) is 18.3 Å². The molecule has 1 N–H and O–H groups in total. The lowest BCUT2D eigenvalue weighted by molar-refractivity contribution is -0.904. The van der Waals surface area contributed by atoms with E-state index in [-0.39, 0.29) is 17.5 Å². The topological polar surface area (TPSA) is 91.5 Å². The molecule has 0 aliphatic carbocycles. The third-order valence-electron chi connectivity index (χ3n) is 3.34. The van der Waals surface area contributed by atoms with E-state index in [1.165, 1.54) is 24.2 Å². The van der Waals surface area contributed by atoms with Crippen LogP contribution in [0.3, 0.4) is 0 Å². The Labute approximate surface area is 160 Å². The van der Waals surface area contributed by atoms with E-state index in [9.17, 15) is 18.4 Å². The molecule has 138 valence electrons. The number of sulfone groups is 1. The van der Waals surface area contributed by atoms with Gasteiger partial charge in [0.15, 0.2) is 5.15 Å². The number of thiazole rings is 1. The van der Waals surface area contributed by atoms with Crippen LogP contribution in [0.5, 0.6) is 0 Å². The van der Waals surface area contributed by atoms with Crippen LogP contribution in [0.2, 0.25) is 5.15 Å². The van der Waals surface area contributed by atoms with Gasteiger partial charge in [0.05, 0.1) is 17.9 Å². The van der Waals surface area contributed by atoms with E-state index in [0.717, 1.165) is 22.3 Å². The summed E-state index contributed by atoms with van der Waals surface area (Å²) in [5.41, 5.74) is 0.602. The van der Waals surface area contributed by atoms with Crippen molar-refractivity contribution in [3.63, 3.8) is 0 Å². The van der Waals surface area contributed by atoms with Gasteiger partial charge >= 0.3 is 0 Å². The molecule has 0 bridgehead atoms. The summed E-state index contributed by atoms with van der Waals surface area (Å²) in [6.45, 7) is 1.46. The number of pyridine rings is 1. The number of carbonyl (C=O) groups excluding carboxylic acids is 1. The number of anilines is 1. The molecule has 0 saturated carbocycles. The lowest BCUT2D eigenvalue weighted by atomic mass is 10.2. The van der Waals surface area contributed by atoms with Gasteiger partial charge < -0.3 is 0 Å². The van der Waals surface area contributed by atoms with Crippen molar-refractivity contribution < 1.29 is 23.1 Å². The zero-order chi connectivity index (χ0) is 19.5. The summed E-state index contributed by atoms with van der Waals surface area (Å²) in [6, 6.07) is 3.36. The maximum atomic E-state index is 12.7. The van der Waals surface area contributed by atoms with Crippen molar-refractivity contribution >= 4 is 43.7 Å². The Morgan fingerprint density at radius 2 is 2.27 bits per heavy atom. The summed E-state index contributed by atoms with van der Waals surface area (Å²) in [6.07, 6.45) is 9.32. The van der Waals surface area contributed by atoms with Gasteiger partial charge in [-0.15, -0.1) is 6.42 Å². The van der Waals surface area contributed by atoms with Gasteiger partial charge in [-0.3, -0.25) is 14.9 Å². The van der Waals surface area contributed by atoms with E-state index in [4.69, 9.17) is 18.0 Å². The molecule has 0 aliphatic rings. The summed E-state index contributed by atoms with van der Waals surface area (Å²) in [7, 11) is -3.33. The van der Waals surface area contributed by atoms with Crippen molar-refractivity contribution in [1.29, 1.82) is 0 Å². The van der Waals surface area contributed by atoms with E-state index >= 15 is 0 Å². The van der Waals surface area contributed by atoms with Crippen molar-refractivity contribution in [2.24, 2.45) is 5.92 Å². The van der Waals surface area contributed by atoms with Gasteiger partial charge in [-0.1, -0.05) is 35.8 Å². The molecule has 0 saturated heterocycles. The van der Waals surface area contributed by atoms with E-state index in [1.54, 1.807) is 12.1 Å². The molecule has 0 spiro atoms. The fraction of sp³-hybridized carbons (Fsp3) is 0.312. The molecule has 0 fully saturated rings. The van der Waals surface area contributed by atoms with Gasteiger partial charge in [0.1, 0.15) is 19.8 Å². The number of hydrogen-bond acceptors (Lipinski definition) is 6. The smallest absolute Gasteiger partial charge is 0.232 e. The Morgan fingerprint density at radius 3 is 2.85 bits per heavy atom. The Kier molecular flexibility index (Phi) is 6.23. The summed E-state index contributed by atoms with van der Waals surface area (Å²) >= 11 is 7.32. The SMILES string of the molecule is C#CCN(C(=O)C(C)CS(C)(=O)=O)c1sc(-c2ccc[n+](O)c2)nc1Cl. The molecule has 7 nitrogen and oxygen atoms in total. The number of carbonyl (C=O) groups is 1. The Balaban J connectivity index is 2.39. The average Bonchev–Trinajstić information content (AvgIpc) is 2.92. The average molecular weight is 415 g/mol. The first-order valence-corrected chi connectivity index (χ1v) is 10.7. The lowest BCUT2D eigenvalue weighted by Crippen LogP contribution is -2.37. The van der Waals surface area contributed by atoms with Crippen LogP contribution in [-0.2, 0) is 14.6 Å². The molecule has 2 aromatic rings. The molecular weight excluding hydrogens is 398 g/mol. The summed E-state index contributed by atoms with van der Waals surface area (Å²) in [4.78, 5) is 18.2. The minimum Gasteiger partial charge on any atom is -0.289 e. The van der Waals surface area contributed by atoms with E-state index < -0.39 is 21.7 Å². The standard InChI is InChI=1S/C16H17ClN3O4S2/c1-4-7-20(15(21)11(2)10-26(3,23)24)16-13(17)18-14(25-16)12-6-5-8-19(22)9-12/h1,5-6,8-9,11,22H,7,10H2,2-3H3/q+1. The van der Waals surface area contributed by atoms with Crippen molar-refractivity contribution in [2.45, 2.75) is 6.92 Å². The number of halogens is 1. The highest BCUT2D eigenvalue weighted by atomic mass is 35.5. The van der Waals surface area contributed by atoms with E-state index in [1.807, 2.05) is 0 Å². The molecule has 1 atom stereocenters. The highest BCUT2D eigenvalue weighted by Gasteiger charge is 2.28. The van der Waals surface area contributed by atoms with Crippen molar-refractivity contribution in [1.82, 2.24) is 4.98 Å². The van der Waals surface area contributed by atoms with Gasteiger partial charge in [0, 0.05) is 23.0 Å². The van der Waals surface area contributed by atoms with Crippen LogP contribution < -0.4 is 9.63 Å². The first-order valence-electron chi connectivity index (χ1n) is 7.42. The van der Waals surface area contributed by atoms with Crippen LogP contribution >= 0.6 is 22.9 Å². The largest absolute Gasteiger partial charge is 0.289 e. The summed E-state index contributed by atoms with van der Waals surface area (Å²) in [5.74, 6) is 0.860. The number of aromatic nitrogens is 2. The van der Waals surface area contributed by atoms with Crippen LogP contribution in [0.25, 0.3) is 10.6 Å². The third kappa shape index (κ3) is 4.94. The van der Waals surface area contributed by atoms with Gasteiger partial charge in [0.25, 0.3) is 0 Å². The quantitative estimate of drug-likeness (QED) is 0.440. The molecule has 0 aromatic carbocycles. The van der Waals surface area contributed by atoms with Crippen LogP contribution in [0.4, 0.5) is 5.00 Å². The molecule has 10 heteroatoms. The van der Waals surface area contributed by atoms with Gasteiger partial charge in [-0.2, -0.15) is 0 Å². The van der Waals surface area contributed by atoms with E-state index in [0.29, 0.717) is 15.6 Å². The van der Waals surface area contributed by atoms with Gasteiger partial charge in [0.2, 0.25) is 18.3 Å². The molecule has 1 unspecified atom stereocenters. The predicted octanol–water partition coefficient (Wildman–Crippen LogP) is 1.64. The zero-order valence-corrected chi connectivity index (χ0v) is 16.5. The summed E-state index contributed by atoms with van der Waals surface area (Å²) < 4.78 is 23.8. The Hall–Kier alpha value is -2.15. The van der Waals surface area contributed by atoms with Crippen LogP contribution in [-0.4, -0.2) is 43.1 Å². The molecule has 2 rings (SSSR count). The first-order chi connectivity index (χ1) is 12.1. The second-order valence-corrected chi connectivity index (χ2v) is 9.23. The Bertz CT molecular complexity index is 966. The van der Waals surface area contributed by atoms with E-state index in [2.05, 4.69) is 10.9 Å². The molecular formula is C16H17ClN3O4S2+. The number of nitrogens with zero attached hydrogens (tertiary/aromatic N) is 3. The van der Waals surface area contributed by atoms with Crippen molar-refractivity contribution in [3.05, 3.63) is 29.7 Å². The molecule has 0 aliphatic heterocycles. The molecule has 1 amide bonds. The number of hydrogen-bond donors (Lipinski definition) is 1. The fourth-order valence-corrected chi connectivity index (χ4v) is 4.66. The maximum absolute atomic E-state index is 12.7. The second kappa shape index (κ2) is 8.03. The molecule has 0 radical (unpaired) electrons.